The van der Waals surface area contributed by atoms with Crippen molar-refractivity contribution in [1.29, 1.82) is 5.26 Å². The number of ether oxygens (including phenoxy) is 2. The van der Waals surface area contributed by atoms with Gasteiger partial charge in [-0.1, -0.05) is 5.92 Å². The smallest absolute Gasteiger partial charge is 0.347 e. The molecule has 0 spiro atoms. The molecule has 0 unspecified atom stereocenters. The highest BCUT2D eigenvalue weighted by Crippen LogP contribution is 2.13. The van der Waals surface area contributed by atoms with Gasteiger partial charge in [-0.15, -0.1) is 6.42 Å². The zero-order chi connectivity index (χ0) is 15.7. The number of terminal acetylenes is 1. The summed E-state index contributed by atoms with van der Waals surface area (Å²) in [7, 11) is 0. The lowest BCUT2D eigenvalue weighted by molar-refractivity contribution is -0.154. The maximum absolute atomic E-state index is 11.6. The first-order chi connectivity index (χ1) is 10.1. The third-order valence-corrected chi connectivity index (χ3v) is 2.36. The van der Waals surface area contributed by atoms with Crippen LogP contribution < -0.4 is 10.1 Å². The van der Waals surface area contributed by atoms with Crippen LogP contribution in [0.1, 0.15) is 12.5 Å². The summed E-state index contributed by atoms with van der Waals surface area (Å²) >= 11 is 0. The molecule has 6 heteroatoms. The van der Waals surface area contributed by atoms with Gasteiger partial charge in [-0.2, -0.15) is 5.26 Å². The predicted molar refractivity (Wildman–Crippen MR) is 74.0 cm³/mol. The number of carbonyl (C=O) groups is 2. The number of benzene rings is 1. The van der Waals surface area contributed by atoms with Crippen LogP contribution in [0.15, 0.2) is 24.3 Å². The van der Waals surface area contributed by atoms with Crippen LogP contribution in [0.3, 0.4) is 0 Å². The topological polar surface area (TPSA) is 88.4 Å². The number of esters is 1. The highest BCUT2D eigenvalue weighted by atomic mass is 16.6. The third kappa shape index (κ3) is 5.66. The maximum Gasteiger partial charge on any atom is 0.347 e. The highest BCUT2D eigenvalue weighted by molar-refractivity contribution is 5.82. The highest BCUT2D eigenvalue weighted by Gasteiger charge is 2.17. The van der Waals surface area contributed by atoms with Crippen molar-refractivity contribution < 1.29 is 19.1 Å². The van der Waals surface area contributed by atoms with E-state index < -0.39 is 24.6 Å². The average molecular weight is 286 g/mol. The molecular formula is C15H14N2O4. The van der Waals surface area contributed by atoms with Gasteiger partial charge in [-0.05, 0) is 31.2 Å². The molecule has 0 radical (unpaired) electrons. The molecular weight excluding hydrogens is 272 g/mol. The average Bonchev–Trinajstić information content (AvgIpc) is 2.51. The van der Waals surface area contributed by atoms with Gasteiger partial charge in [-0.3, -0.25) is 4.79 Å². The summed E-state index contributed by atoms with van der Waals surface area (Å²) in [4.78, 5) is 22.8. The van der Waals surface area contributed by atoms with Gasteiger partial charge in [0.2, 0.25) is 0 Å². The fraction of sp³-hybridized carbons (Fsp3) is 0.267. The number of carbonyl (C=O) groups excluding carboxylic acids is 2. The van der Waals surface area contributed by atoms with Gasteiger partial charge in [0.15, 0.2) is 12.7 Å². The number of amides is 1. The summed E-state index contributed by atoms with van der Waals surface area (Å²) in [6, 6.07) is 8.26. The minimum Gasteiger partial charge on any atom is -0.479 e. The summed E-state index contributed by atoms with van der Waals surface area (Å²) in [5.74, 6) is 1.51. The molecule has 1 aromatic carbocycles. The Bertz CT molecular complexity index is 581. The van der Waals surface area contributed by atoms with Crippen LogP contribution >= 0.6 is 0 Å². The number of rotatable bonds is 6. The largest absolute Gasteiger partial charge is 0.479 e. The number of nitriles is 1. The summed E-state index contributed by atoms with van der Waals surface area (Å²) in [6.45, 7) is 1.16. The molecule has 1 amide bonds. The zero-order valence-corrected chi connectivity index (χ0v) is 11.5. The number of nitrogens with one attached hydrogen (secondary N) is 1. The van der Waals surface area contributed by atoms with Crippen molar-refractivity contribution in [2.75, 3.05) is 13.2 Å². The molecule has 0 fully saturated rings. The van der Waals surface area contributed by atoms with Crippen LogP contribution in [0, 0.1) is 23.7 Å². The zero-order valence-electron chi connectivity index (χ0n) is 11.5. The van der Waals surface area contributed by atoms with Gasteiger partial charge >= 0.3 is 5.97 Å². The lowest BCUT2D eigenvalue weighted by atomic mass is 10.2. The van der Waals surface area contributed by atoms with E-state index in [1.165, 1.54) is 6.92 Å². The molecule has 1 aromatic rings. The van der Waals surface area contributed by atoms with Gasteiger partial charge in [0, 0.05) is 0 Å². The van der Waals surface area contributed by atoms with E-state index in [0.717, 1.165) is 0 Å². The minimum atomic E-state index is -0.877. The van der Waals surface area contributed by atoms with Crippen LogP contribution in [0.5, 0.6) is 5.75 Å². The SMILES string of the molecule is C#CCNC(=O)COC(=O)[C@H](C)Oc1ccc(C#N)cc1. The molecule has 0 aliphatic rings. The second-order valence-electron chi connectivity index (χ2n) is 3.98. The molecule has 0 heterocycles. The van der Waals surface area contributed by atoms with E-state index in [-0.39, 0.29) is 6.54 Å². The molecule has 108 valence electrons. The number of hydrogen-bond acceptors (Lipinski definition) is 5. The van der Waals surface area contributed by atoms with Crippen molar-refractivity contribution in [3.05, 3.63) is 29.8 Å². The summed E-state index contributed by atoms with van der Waals surface area (Å²) in [5, 5.41) is 11.0. The Morgan fingerprint density at radius 2 is 2.05 bits per heavy atom. The van der Waals surface area contributed by atoms with Crippen molar-refractivity contribution in [3.8, 4) is 24.2 Å². The van der Waals surface area contributed by atoms with Crippen molar-refractivity contribution in [1.82, 2.24) is 5.32 Å². The molecule has 0 aromatic heterocycles. The van der Waals surface area contributed by atoms with Crippen LogP contribution in [-0.4, -0.2) is 31.1 Å². The van der Waals surface area contributed by atoms with Gasteiger partial charge in [0.1, 0.15) is 5.75 Å². The fourth-order valence-corrected chi connectivity index (χ4v) is 1.31. The standard InChI is InChI=1S/C15H14N2O4/c1-3-8-17-14(18)10-20-15(19)11(2)21-13-6-4-12(9-16)5-7-13/h1,4-7,11H,8,10H2,2H3,(H,17,18)/t11-/m0/s1. The van der Waals surface area contributed by atoms with E-state index in [1.54, 1.807) is 24.3 Å². The Labute approximate surface area is 122 Å². The van der Waals surface area contributed by atoms with Crippen LogP contribution in [0.4, 0.5) is 0 Å². The third-order valence-electron chi connectivity index (χ3n) is 2.36. The van der Waals surface area contributed by atoms with Gasteiger partial charge in [0.25, 0.3) is 5.91 Å². The van der Waals surface area contributed by atoms with Gasteiger partial charge < -0.3 is 14.8 Å². The predicted octanol–water partition coefficient (Wildman–Crippen LogP) is 0.618. The lowest BCUT2D eigenvalue weighted by Gasteiger charge is -2.13. The molecule has 6 nitrogen and oxygen atoms in total. The number of nitrogens with zero attached hydrogens (tertiary/aromatic N) is 1. The molecule has 1 N–H and O–H groups in total. The van der Waals surface area contributed by atoms with Crippen LogP contribution in [0.2, 0.25) is 0 Å². The summed E-state index contributed by atoms with van der Waals surface area (Å²) in [6.07, 6.45) is 4.10. The van der Waals surface area contributed by atoms with E-state index in [4.69, 9.17) is 21.2 Å². The van der Waals surface area contributed by atoms with Crippen molar-refractivity contribution >= 4 is 11.9 Å². The Kier molecular flexibility index (Phi) is 6.30. The Morgan fingerprint density at radius 1 is 1.38 bits per heavy atom. The van der Waals surface area contributed by atoms with E-state index in [1.807, 2.05) is 6.07 Å². The van der Waals surface area contributed by atoms with Gasteiger partial charge in [-0.25, -0.2) is 4.79 Å². The quantitative estimate of drug-likeness (QED) is 0.611. The molecule has 21 heavy (non-hydrogen) atoms. The normalized spacial score (nSPS) is 10.6. The molecule has 0 saturated heterocycles. The second kappa shape index (κ2) is 8.23. The first kappa shape index (κ1) is 16.1. The monoisotopic (exact) mass is 286 g/mol. The molecule has 1 rings (SSSR count). The summed E-state index contributed by atoms with van der Waals surface area (Å²) < 4.78 is 10.1. The maximum atomic E-state index is 11.6. The molecule has 0 bridgehead atoms. The van der Waals surface area contributed by atoms with E-state index in [2.05, 4.69) is 11.2 Å². The van der Waals surface area contributed by atoms with Crippen molar-refractivity contribution in [3.63, 3.8) is 0 Å². The van der Waals surface area contributed by atoms with Crippen molar-refractivity contribution in [2.24, 2.45) is 0 Å². The number of hydrogen-bond donors (Lipinski definition) is 1. The first-order valence-corrected chi connectivity index (χ1v) is 6.10. The van der Waals surface area contributed by atoms with Crippen LogP contribution in [0.25, 0.3) is 0 Å². The second-order valence-corrected chi connectivity index (χ2v) is 3.98. The Morgan fingerprint density at radius 3 is 2.62 bits per heavy atom. The minimum absolute atomic E-state index is 0.0771. The van der Waals surface area contributed by atoms with Gasteiger partial charge in [0.05, 0.1) is 18.2 Å². The Balaban J connectivity index is 2.42. The molecule has 1 atom stereocenters. The fourth-order valence-electron chi connectivity index (χ4n) is 1.31. The molecule has 0 aliphatic carbocycles. The molecule has 0 saturated carbocycles. The summed E-state index contributed by atoms with van der Waals surface area (Å²) in [5.41, 5.74) is 0.489. The molecule has 0 aliphatic heterocycles. The van der Waals surface area contributed by atoms with E-state index in [0.29, 0.717) is 11.3 Å². The van der Waals surface area contributed by atoms with E-state index in [9.17, 15) is 9.59 Å². The van der Waals surface area contributed by atoms with Crippen LogP contribution in [-0.2, 0) is 14.3 Å². The van der Waals surface area contributed by atoms with Crippen molar-refractivity contribution in [2.45, 2.75) is 13.0 Å². The van der Waals surface area contributed by atoms with E-state index >= 15 is 0 Å². The Hall–Kier alpha value is -2.99. The lowest BCUT2D eigenvalue weighted by Crippen LogP contribution is -2.33. The first-order valence-electron chi connectivity index (χ1n) is 6.10.